The first-order valence-corrected chi connectivity index (χ1v) is 7.32. The largest absolute Gasteiger partial charge is 0.367 e. The summed E-state index contributed by atoms with van der Waals surface area (Å²) in [6.45, 7) is 6.56. The van der Waals surface area contributed by atoms with Crippen LogP contribution in [0.15, 0.2) is 16.7 Å². The molecule has 1 atom stereocenters. The number of nitrogens with one attached hydrogen (secondary N) is 1. The molecule has 0 aliphatic carbocycles. The zero-order chi connectivity index (χ0) is 12.7. The number of rotatable bonds is 7. The van der Waals surface area contributed by atoms with E-state index in [1.165, 1.54) is 37.7 Å². The molecule has 0 spiro atoms. The molecule has 0 bridgehead atoms. The van der Waals surface area contributed by atoms with Crippen LogP contribution in [0.5, 0.6) is 0 Å². The molecule has 1 unspecified atom stereocenters. The van der Waals surface area contributed by atoms with E-state index in [0.29, 0.717) is 6.04 Å². The van der Waals surface area contributed by atoms with Crippen LogP contribution in [0.3, 0.4) is 0 Å². The number of pyridine rings is 1. The van der Waals surface area contributed by atoms with E-state index in [2.05, 4.69) is 47.0 Å². The summed E-state index contributed by atoms with van der Waals surface area (Å²) >= 11 is 3.58. The topological polar surface area (TPSA) is 24.9 Å². The summed E-state index contributed by atoms with van der Waals surface area (Å²) < 4.78 is 1.08. The Hall–Kier alpha value is -0.570. The van der Waals surface area contributed by atoms with Gasteiger partial charge < -0.3 is 5.32 Å². The molecule has 0 aliphatic heterocycles. The Bertz CT molecular complexity index is 339. The Morgan fingerprint density at radius 3 is 2.82 bits per heavy atom. The smallest absolute Gasteiger partial charge is 0.140 e. The number of halogens is 1. The van der Waals surface area contributed by atoms with Gasteiger partial charge in [0.25, 0.3) is 0 Å². The highest BCUT2D eigenvalue weighted by Crippen LogP contribution is 2.24. The van der Waals surface area contributed by atoms with E-state index in [1.807, 2.05) is 12.3 Å². The van der Waals surface area contributed by atoms with Crippen molar-refractivity contribution in [3.63, 3.8) is 0 Å². The van der Waals surface area contributed by atoms with Gasteiger partial charge in [0.1, 0.15) is 5.82 Å². The van der Waals surface area contributed by atoms with Crippen LogP contribution >= 0.6 is 15.9 Å². The molecule has 0 saturated heterocycles. The Morgan fingerprint density at radius 2 is 2.12 bits per heavy atom. The Balaban J connectivity index is 2.39. The number of nitrogens with zero attached hydrogens (tertiary/aromatic N) is 1. The van der Waals surface area contributed by atoms with E-state index in [0.717, 1.165) is 10.3 Å². The lowest BCUT2D eigenvalue weighted by atomic mass is 10.1. The van der Waals surface area contributed by atoms with Gasteiger partial charge in [-0.05, 0) is 47.8 Å². The van der Waals surface area contributed by atoms with Gasteiger partial charge in [-0.2, -0.15) is 0 Å². The lowest BCUT2D eigenvalue weighted by molar-refractivity contribution is 0.593. The van der Waals surface area contributed by atoms with Crippen LogP contribution in [0.1, 0.15) is 51.5 Å². The third kappa shape index (κ3) is 5.07. The monoisotopic (exact) mass is 298 g/mol. The summed E-state index contributed by atoms with van der Waals surface area (Å²) in [6.07, 6.45) is 8.34. The van der Waals surface area contributed by atoms with E-state index >= 15 is 0 Å². The molecule has 3 heteroatoms. The van der Waals surface area contributed by atoms with Crippen LogP contribution < -0.4 is 5.32 Å². The lowest BCUT2D eigenvalue weighted by Crippen LogP contribution is -2.16. The van der Waals surface area contributed by atoms with Gasteiger partial charge in [0, 0.05) is 12.2 Å². The maximum atomic E-state index is 4.37. The third-order valence-electron chi connectivity index (χ3n) is 2.96. The summed E-state index contributed by atoms with van der Waals surface area (Å²) in [5.74, 6) is 0.966. The van der Waals surface area contributed by atoms with Crippen molar-refractivity contribution in [2.24, 2.45) is 0 Å². The van der Waals surface area contributed by atoms with Crippen LogP contribution in [0, 0.1) is 6.92 Å². The van der Waals surface area contributed by atoms with E-state index in [9.17, 15) is 0 Å². The molecule has 1 aromatic rings. The van der Waals surface area contributed by atoms with Crippen LogP contribution in [-0.4, -0.2) is 11.0 Å². The van der Waals surface area contributed by atoms with Gasteiger partial charge in [0.05, 0.1) is 4.47 Å². The Morgan fingerprint density at radius 1 is 1.35 bits per heavy atom. The summed E-state index contributed by atoms with van der Waals surface area (Å²) in [5, 5.41) is 3.47. The van der Waals surface area contributed by atoms with Crippen molar-refractivity contribution in [1.82, 2.24) is 4.98 Å². The second kappa shape index (κ2) is 7.70. The van der Waals surface area contributed by atoms with Gasteiger partial charge in [-0.1, -0.05) is 32.6 Å². The first-order valence-electron chi connectivity index (χ1n) is 6.52. The van der Waals surface area contributed by atoms with Crippen molar-refractivity contribution in [2.75, 3.05) is 5.32 Å². The fourth-order valence-corrected chi connectivity index (χ4v) is 2.17. The van der Waals surface area contributed by atoms with Gasteiger partial charge in [-0.3, -0.25) is 0 Å². The van der Waals surface area contributed by atoms with Crippen molar-refractivity contribution < 1.29 is 0 Å². The van der Waals surface area contributed by atoms with Crippen LogP contribution in [0.25, 0.3) is 0 Å². The molecule has 96 valence electrons. The van der Waals surface area contributed by atoms with Crippen molar-refractivity contribution in [1.29, 1.82) is 0 Å². The molecule has 0 fully saturated rings. The molecule has 1 aromatic heterocycles. The fraction of sp³-hybridized carbons (Fsp3) is 0.643. The Kier molecular flexibility index (Phi) is 6.56. The highest BCUT2D eigenvalue weighted by Gasteiger charge is 2.07. The molecule has 0 aliphatic rings. The zero-order valence-electron chi connectivity index (χ0n) is 11.1. The second-order valence-electron chi connectivity index (χ2n) is 4.69. The third-order valence-corrected chi connectivity index (χ3v) is 3.96. The highest BCUT2D eigenvalue weighted by atomic mass is 79.9. The normalized spacial score (nSPS) is 12.5. The molecule has 1 rings (SSSR count). The highest BCUT2D eigenvalue weighted by molar-refractivity contribution is 9.10. The van der Waals surface area contributed by atoms with Crippen molar-refractivity contribution >= 4 is 21.7 Å². The van der Waals surface area contributed by atoms with Crippen LogP contribution in [0.2, 0.25) is 0 Å². The molecule has 0 aromatic carbocycles. The SMILES string of the molecule is CCCCCCC(C)Nc1nccc(C)c1Br. The summed E-state index contributed by atoms with van der Waals surface area (Å²) in [4.78, 5) is 4.37. The maximum absolute atomic E-state index is 4.37. The lowest BCUT2D eigenvalue weighted by Gasteiger charge is -2.16. The molecule has 2 nitrogen and oxygen atoms in total. The van der Waals surface area contributed by atoms with Gasteiger partial charge >= 0.3 is 0 Å². The summed E-state index contributed by atoms with van der Waals surface area (Å²) in [6, 6.07) is 2.50. The van der Waals surface area contributed by atoms with E-state index in [4.69, 9.17) is 0 Å². The molecule has 0 saturated carbocycles. The molecular weight excluding hydrogens is 276 g/mol. The second-order valence-corrected chi connectivity index (χ2v) is 5.48. The summed E-state index contributed by atoms with van der Waals surface area (Å²) in [5.41, 5.74) is 1.22. The van der Waals surface area contributed by atoms with Crippen LogP contribution in [0.4, 0.5) is 5.82 Å². The standard InChI is InChI=1S/C14H23BrN2/c1-4-5-6-7-8-12(3)17-14-13(15)11(2)9-10-16-14/h9-10,12H,4-8H2,1-3H3,(H,16,17). The van der Waals surface area contributed by atoms with Crippen molar-refractivity contribution in [2.45, 2.75) is 58.9 Å². The fourth-order valence-electron chi connectivity index (χ4n) is 1.82. The minimum Gasteiger partial charge on any atom is -0.367 e. The predicted octanol–water partition coefficient (Wildman–Crippen LogP) is 4.92. The molecular formula is C14H23BrN2. The molecule has 0 amide bonds. The predicted molar refractivity (Wildman–Crippen MR) is 78.5 cm³/mol. The maximum Gasteiger partial charge on any atom is 0.140 e. The van der Waals surface area contributed by atoms with Gasteiger partial charge in [0.15, 0.2) is 0 Å². The van der Waals surface area contributed by atoms with E-state index in [1.54, 1.807) is 0 Å². The number of aryl methyl sites for hydroxylation is 1. The van der Waals surface area contributed by atoms with Gasteiger partial charge in [-0.25, -0.2) is 4.98 Å². The van der Waals surface area contributed by atoms with Crippen molar-refractivity contribution in [3.8, 4) is 0 Å². The van der Waals surface area contributed by atoms with E-state index < -0.39 is 0 Å². The van der Waals surface area contributed by atoms with Gasteiger partial charge in [-0.15, -0.1) is 0 Å². The molecule has 0 radical (unpaired) electrons. The van der Waals surface area contributed by atoms with Crippen molar-refractivity contribution in [3.05, 3.63) is 22.3 Å². The number of anilines is 1. The minimum absolute atomic E-state index is 0.484. The number of hydrogen-bond acceptors (Lipinski definition) is 2. The molecule has 17 heavy (non-hydrogen) atoms. The molecule has 1 heterocycles. The first kappa shape index (κ1) is 14.5. The zero-order valence-corrected chi connectivity index (χ0v) is 12.7. The number of hydrogen-bond donors (Lipinski definition) is 1. The minimum atomic E-state index is 0.484. The van der Waals surface area contributed by atoms with E-state index in [-0.39, 0.29) is 0 Å². The average molecular weight is 299 g/mol. The molecule has 1 N–H and O–H groups in total. The quantitative estimate of drug-likeness (QED) is 0.723. The first-order chi connectivity index (χ1) is 8.15. The van der Waals surface area contributed by atoms with Gasteiger partial charge in [0.2, 0.25) is 0 Å². The van der Waals surface area contributed by atoms with Crippen LogP contribution in [-0.2, 0) is 0 Å². The Labute approximate surface area is 113 Å². The summed E-state index contributed by atoms with van der Waals surface area (Å²) in [7, 11) is 0. The average Bonchev–Trinajstić information content (AvgIpc) is 2.31. The number of unbranched alkanes of at least 4 members (excludes halogenated alkanes) is 3. The number of aromatic nitrogens is 1.